The van der Waals surface area contributed by atoms with Crippen molar-refractivity contribution in [1.29, 1.82) is 0 Å². The Hall–Kier alpha value is -1.10. The van der Waals surface area contributed by atoms with Crippen molar-refractivity contribution in [3.63, 3.8) is 0 Å². The minimum Gasteiger partial charge on any atom is -0.479 e. The molecule has 0 saturated heterocycles. The van der Waals surface area contributed by atoms with Crippen molar-refractivity contribution in [3.05, 3.63) is 0 Å². The number of hydrogen-bond acceptors (Lipinski definition) is 4. The summed E-state index contributed by atoms with van der Waals surface area (Å²) in [6.45, 7) is -0.364. The Morgan fingerprint density at radius 2 is 2.21 bits per heavy atom. The lowest BCUT2D eigenvalue weighted by molar-refractivity contribution is -0.142. The highest BCUT2D eigenvalue weighted by Crippen LogP contribution is 2.18. The van der Waals surface area contributed by atoms with Crippen molar-refractivity contribution in [2.75, 3.05) is 13.7 Å². The number of carboxylic acid groups (broad SMARTS) is 1. The van der Waals surface area contributed by atoms with Gasteiger partial charge in [0.25, 0.3) is 0 Å². The number of aliphatic carboxylic acids is 1. The van der Waals surface area contributed by atoms with Crippen LogP contribution in [-0.2, 0) is 14.4 Å². The fraction of sp³-hybridized carbons (Fsp3) is 0.778. The van der Waals surface area contributed by atoms with Crippen LogP contribution >= 0.6 is 0 Å². The first-order valence-electron chi connectivity index (χ1n) is 4.64. The molecule has 5 heteroatoms. The molecule has 1 saturated carbocycles. The molecule has 5 nitrogen and oxygen atoms in total. The molecule has 0 spiro atoms. The molecule has 1 rings (SSSR count). The van der Waals surface area contributed by atoms with Crippen molar-refractivity contribution in [3.8, 4) is 0 Å². The fourth-order valence-corrected chi connectivity index (χ4v) is 1.43. The molecule has 0 amide bonds. The van der Waals surface area contributed by atoms with Crippen molar-refractivity contribution in [1.82, 2.24) is 0 Å². The summed E-state index contributed by atoms with van der Waals surface area (Å²) in [5.74, 6) is -1.00. The largest absolute Gasteiger partial charge is 0.479 e. The maximum Gasteiger partial charge on any atom is 0.344 e. The second kappa shape index (κ2) is 5.59. The average molecular weight is 201 g/mol. The van der Waals surface area contributed by atoms with E-state index in [4.69, 9.17) is 9.84 Å². The smallest absolute Gasteiger partial charge is 0.344 e. The zero-order chi connectivity index (χ0) is 10.4. The summed E-state index contributed by atoms with van der Waals surface area (Å²) in [6, 6.07) is 0. The number of methoxy groups -OCH3 is 1. The number of oxime groups is 1. The molecule has 1 fully saturated rings. The zero-order valence-corrected chi connectivity index (χ0v) is 8.23. The Morgan fingerprint density at radius 1 is 1.57 bits per heavy atom. The third kappa shape index (κ3) is 3.74. The monoisotopic (exact) mass is 201 g/mol. The van der Waals surface area contributed by atoms with Crippen LogP contribution in [0.4, 0.5) is 0 Å². The minimum atomic E-state index is -1.00. The van der Waals surface area contributed by atoms with Gasteiger partial charge in [-0.15, -0.1) is 0 Å². The number of carboxylic acids is 1. The van der Waals surface area contributed by atoms with Crippen LogP contribution < -0.4 is 0 Å². The van der Waals surface area contributed by atoms with Crippen molar-refractivity contribution in [2.24, 2.45) is 5.16 Å². The molecule has 0 heterocycles. The Bertz CT molecular complexity index is 217. The molecule has 0 aromatic carbocycles. The van der Waals surface area contributed by atoms with Gasteiger partial charge in [0.05, 0.1) is 11.8 Å². The molecule has 14 heavy (non-hydrogen) atoms. The third-order valence-corrected chi connectivity index (χ3v) is 2.22. The van der Waals surface area contributed by atoms with E-state index in [1.165, 1.54) is 0 Å². The quantitative estimate of drug-likeness (QED) is 0.690. The average Bonchev–Trinajstić information content (AvgIpc) is 2.18. The predicted octanol–water partition coefficient (Wildman–Crippen LogP) is 1.03. The molecule has 1 aliphatic rings. The molecule has 0 unspecified atom stereocenters. The first kappa shape index (κ1) is 11.0. The van der Waals surface area contributed by atoms with Gasteiger partial charge in [-0.1, -0.05) is 5.16 Å². The maximum absolute atomic E-state index is 10.1. The van der Waals surface area contributed by atoms with Gasteiger partial charge in [0.15, 0.2) is 0 Å². The maximum atomic E-state index is 10.1. The summed E-state index contributed by atoms with van der Waals surface area (Å²) < 4.78 is 5.19. The van der Waals surface area contributed by atoms with Crippen LogP contribution in [0.15, 0.2) is 5.16 Å². The van der Waals surface area contributed by atoms with Crippen LogP contribution in [0, 0.1) is 0 Å². The molecule has 0 bridgehead atoms. The molecule has 0 radical (unpaired) electrons. The molecular weight excluding hydrogens is 186 g/mol. The van der Waals surface area contributed by atoms with Gasteiger partial charge in [0.2, 0.25) is 6.61 Å². The first-order valence-corrected chi connectivity index (χ1v) is 4.64. The molecule has 0 atom stereocenters. The third-order valence-electron chi connectivity index (χ3n) is 2.22. The number of carbonyl (C=O) groups is 1. The van der Waals surface area contributed by atoms with Gasteiger partial charge in [-0.3, -0.25) is 0 Å². The lowest BCUT2D eigenvalue weighted by Crippen LogP contribution is -2.20. The van der Waals surface area contributed by atoms with Gasteiger partial charge in [-0.05, 0) is 25.7 Å². The summed E-state index contributed by atoms with van der Waals surface area (Å²) in [5.41, 5.74) is 0.930. The Morgan fingerprint density at radius 3 is 2.71 bits per heavy atom. The molecular formula is C9H15NO4. The summed E-state index contributed by atoms with van der Waals surface area (Å²) >= 11 is 0. The second-order valence-corrected chi connectivity index (χ2v) is 3.26. The second-order valence-electron chi connectivity index (χ2n) is 3.26. The summed E-state index contributed by atoms with van der Waals surface area (Å²) in [7, 11) is 1.70. The topological polar surface area (TPSA) is 68.1 Å². The van der Waals surface area contributed by atoms with E-state index in [0.717, 1.165) is 31.4 Å². The van der Waals surface area contributed by atoms with Crippen molar-refractivity contribution in [2.45, 2.75) is 31.8 Å². The molecule has 0 aromatic heterocycles. The van der Waals surface area contributed by atoms with Crippen LogP contribution in [0.3, 0.4) is 0 Å². The van der Waals surface area contributed by atoms with E-state index in [1.807, 2.05) is 0 Å². The lowest BCUT2D eigenvalue weighted by atomic mass is 9.96. The van der Waals surface area contributed by atoms with Crippen LogP contribution in [0.25, 0.3) is 0 Å². The van der Waals surface area contributed by atoms with Gasteiger partial charge >= 0.3 is 5.97 Å². The van der Waals surface area contributed by atoms with E-state index >= 15 is 0 Å². The molecule has 1 aliphatic carbocycles. The Labute approximate surface area is 82.7 Å². The van der Waals surface area contributed by atoms with Crippen LogP contribution in [0.1, 0.15) is 25.7 Å². The van der Waals surface area contributed by atoms with E-state index < -0.39 is 5.97 Å². The van der Waals surface area contributed by atoms with Crippen LogP contribution in [0.5, 0.6) is 0 Å². The highest BCUT2D eigenvalue weighted by atomic mass is 16.6. The van der Waals surface area contributed by atoms with Gasteiger partial charge in [-0.2, -0.15) is 0 Å². The SMILES string of the molecule is COC1CCC(=NOCC(=O)O)CC1. The van der Waals surface area contributed by atoms with E-state index in [1.54, 1.807) is 7.11 Å². The zero-order valence-electron chi connectivity index (χ0n) is 8.23. The fourth-order valence-electron chi connectivity index (χ4n) is 1.43. The normalized spacial score (nSPS) is 21.8. The van der Waals surface area contributed by atoms with Crippen molar-refractivity contribution >= 4 is 11.7 Å². The summed E-state index contributed by atoms with van der Waals surface area (Å²) in [6.07, 6.45) is 3.85. The van der Waals surface area contributed by atoms with Gasteiger partial charge in [0, 0.05) is 7.11 Å². The van der Waals surface area contributed by atoms with E-state index in [2.05, 4.69) is 9.99 Å². The number of hydrogen-bond donors (Lipinski definition) is 1. The Kier molecular flexibility index (Phi) is 4.39. The van der Waals surface area contributed by atoms with E-state index in [9.17, 15) is 4.79 Å². The van der Waals surface area contributed by atoms with Crippen LogP contribution in [0.2, 0.25) is 0 Å². The Balaban J connectivity index is 2.23. The lowest BCUT2D eigenvalue weighted by Gasteiger charge is -2.20. The minimum absolute atomic E-state index is 0.313. The van der Waals surface area contributed by atoms with Crippen LogP contribution in [-0.4, -0.2) is 36.6 Å². The number of nitrogens with zero attached hydrogens (tertiary/aromatic N) is 1. The summed E-state index contributed by atoms with van der Waals surface area (Å²) in [5, 5.41) is 12.1. The first-order chi connectivity index (χ1) is 6.72. The molecule has 0 aromatic rings. The molecule has 0 aliphatic heterocycles. The number of rotatable bonds is 4. The van der Waals surface area contributed by atoms with Gasteiger partial charge < -0.3 is 14.7 Å². The highest BCUT2D eigenvalue weighted by Gasteiger charge is 2.17. The highest BCUT2D eigenvalue weighted by molar-refractivity contribution is 5.84. The predicted molar refractivity (Wildman–Crippen MR) is 50.3 cm³/mol. The van der Waals surface area contributed by atoms with Gasteiger partial charge in [0.1, 0.15) is 0 Å². The molecule has 80 valence electrons. The summed E-state index contributed by atoms with van der Waals surface area (Å²) in [4.78, 5) is 14.8. The van der Waals surface area contributed by atoms with E-state index in [-0.39, 0.29) is 6.61 Å². The van der Waals surface area contributed by atoms with Crippen molar-refractivity contribution < 1.29 is 19.5 Å². The van der Waals surface area contributed by atoms with Gasteiger partial charge in [-0.25, -0.2) is 4.79 Å². The standard InChI is InChI=1S/C9H15NO4/c1-13-8-4-2-7(3-5-8)10-14-6-9(11)12/h8H,2-6H2,1H3,(H,11,12). The van der Waals surface area contributed by atoms with E-state index in [0.29, 0.717) is 6.10 Å². The number of ether oxygens (including phenoxy) is 1. The molecule has 1 N–H and O–H groups in total.